The second-order valence-corrected chi connectivity index (χ2v) is 4.75. The van der Waals surface area contributed by atoms with Crippen LogP contribution in [-0.4, -0.2) is 23.5 Å². The standard InChI is InChI=1S/C13H16BrNO4/c14-11-7-5-10(19-11)6-8-12(16)15-9-3-1-2-4-13(17)18/h5-8H,1-4,9H2,(H,15,16)(H,17,18)/b8-6+. The molecule has 1 rings (SSSR count). The van der Waals surface area contributed by atoms with Gasteiger partial charge in [0.2, 0.25) is 5.91 Å². The summed E-state index contributed by atoms with van der Waals surface area (Å²) in [5.74, 6) is -0.370. The summed E-state index contributed by atoms with van der Waals surface area (Å²) >= 11 is 3.17. The summed E-state index contributed by atoms with van der Waals surface area (Å²) in [7, 11) is 0. The van der Waals surface area contributed by atoms with Crippen LogP contribution < -0.4 is 5.32 Å². The van der Waals surface area contributed by atoms with E-state index in [-0.39, 0.29) is 12.3 Å². The van der Waals surface area contributed by atoms with Crippen molar-refractivity contribution in [1.29, 1.82) is 0 Å². The average Bonchev–Trinajstić information content (AvgIpc) is 2.76. The number of rotatable bonds is 8. The maximum Gasteiger partial charge on any atom is 0.303 e. The van der Waals surface area contributed by atoms with Crippen LogP contribution in [-0.2, 0) is 9.59 Å². The number of nitrogens with one attached hydrogen (secondary N) is 1. The Morgan fingerprint density at radius 3 is 2.74 bits per heavy atom. The van der Waals surface area contributed by atoms with Gasteiger partial charge in [0, 0.05) is 19.0 Å². The summed E-state index contributed by atoms with van der Waals surface area (Å²) in [5, 5.41) is 11.2. The number of carbonyl (C=O) groups excluding carboxylic acids is 1. The molecule has 0 aliphatic rings. The zero-order valence-corrected chi connectivity index (χ0v) is 12.0. The van der Waals surface area contributed by atoms with Gasteiger partial charge in [0.1, 0.15) is 5.76 Å². The molecule has 104 valence electrons. The average molecular weight is 330 g/mol. The van der Waals surface area contributed by atoms with Gasteiger partial charge >= 0.3 is 5.97 Å². The van der Waals surface area contributed by atoms with E-state index in [1.54, 1.807) is 18.2 Å². The molecule has 1 aromatic heterocycles. The molecule has 6 heteroatoms. The third-order valence-electron chi connectivity index (χ3n) is 2.36. The number of unbranched alkanes of at least 4 members (excludes halogenated alkanes) is 2. The molecule has 1 amide bonds. The van der Waals surface area contributed by atoms with Crippen molar-refractivity contribution in [2.45, 2.75) is 25.7 Å². The molecule has 0 aromatic carbocycles. The first-order chi connectivity index (χ1) is 9.08. The largest absolute Gasteiger partial charge is 0.481 e. The highest BCUT2D eigenvalue weighted by molar-refractivity contribution is 9.10. The molecule has 0 fully saturated rings. The van der Waals surface area contributed by atoms with E-state index in [4.69, 9.17) is 9.52 Å². The van der Waals surface area contributed by atoms with E-state index in [9.17, 15) is 9.59 Å². The number of carbonyl (C=O) groups is 2. The van der Waals surface area contributed by atoms with Crippen LogP contribution in [0, 0.1) is 0 Å². The van der Waals surface area contributed by atoms with Gasteiger partial charge in [0.15, 0.2) is 4.67 Å². The van der Waals surface area contributed by atoms with Crippen LogP contribution in [0.4, 0.5) is 0 Å². The van der Waals surface area contributed by atoms with E-state index in [1.165, 1.54) is 6.08 Å². The van der Waals surface area contributed by atoms with Crippen molar-refractivity contribution in [2.75, 3.05) is 6.54 Å². The van der Waals surface area contributed by atoms with E-state index in [0.717, 1.165) is 12.8 Å². The first kappa shape index (κ1) is 15.5. The zero-order chi connectivity index (χ0) is 14.1. The van der Waals surface area contributed by atoms with E-state index in [2.05, 4.69) is 21.2 Å². The molecule has 0 aliphatic heterocycles. The maximum absolute atomic E-state index is 11.4. The van der Waals surface area contributed by atoms with Crippen molar-refractivity contribution in [1.82, 2.24) is 5.32 Å². The number of aliphatic carboxylic acids is 1. The molecule has 5 nitrogen and oxygen atoms in total. The topological polar surface area (TPSA) is 79.5 Å². The quantitative estimate of drug-likeness (QED) is 0.567. The fraction of sp³-hybridized carbons (Fsp3) is 0.385. The minimum absolute atomic E-state index is 0.182. The highest BCUT2D eigenvalue weighted by Crippen LogP contribution is 2.14. The summed E-state index contributed by atoms with van der Waals surface area (Å²) in [6, 6.07) is 3.50. The number of furan rings is 1. The van der Waals surface area contributed by atoms with E-state index in [1.807, 2.05) is 0 Å². The summed E-state index contributed by atoms with van der Waals surface area (Å²) < 4.78 is 5.82. The summed E-state index contributed by atoms with van der Waals surface area (Å²) in [6.45, 7) is 0.546. The highest BCUT2D eigenvalue weighted by atomic mass is 79.9. The molecule has 0 unspecified atom stereocenters. The molecule has 0 atom stereocenters. The summed E-state index contributed by atoms with van der Waals surface area (Å²) in [6.07, 6.45) is 5.39. The monoisotopic (exact) mass is 329 g/mol. The molecule has 0 saturated carbocycles. The van der Waals surface area contributed by atoms with Crippen LogP contribution in [0.5, 0.6) is 0 Å². The lowest BCUT2D eigenvalue weighted by Gasteiger charge is -2.01. The second kappa shape index (κ2) is 8.53. The van der Waals surface area contributed by atoms with Gasteiger partial charge in [-0.15, -0.1) is 0 Å². The molecular weight excluding hydrogens is 314 g/mol. The predicted molar refractivity (Wildman–Crippen MR) is 74.6 cm³/mol. The van der Waals surface area contributed by atoms with Crippen molar-refractivity contribution < 1.29 is 19.1 Å². The SMILES string of the molecule is O=C(O)CCCCCNC(=O)/C=C/c1ccc(Br)o1. The molecule has 1 aromatic rings. The first-order valence-electron chi connectivity index (χ1n) is 6.01. The van der Waals surface area contributed by atoms with Gasteiger partial charge in [-0.25, -0.2) is 0 Å². The van der Waals surface area contributed by atoms with Gasteiger partial charge in [-0.3, -0.25) is 9.59 Å². The molecule has 0 bridgehead atoms. The molecular formula is C13H16BrNO4. The summed E-state index contributed by atoms with van der Waals surface area (Å²) in [5.41, 5.74) is 0. The number of carboxylic acid groups (broad SMARTS) is 1. The van der Waals surface area contributed by atoms with Crippen LogP contribution in [0.3, 0.4) is 0 Å². The summed E-state index contributed by atoms with van der Waals surface area (Å²) in [4.78, 5) is 21.7. The first-order valence-corrected chi connectivity index (χ1v) is 6.80. The number of hydrogen-bond donors (Lipinski definition) is 2. The van der Waals surface area contributed by atoms with Crippen LogP contribution in [0.15, 0.2) is 27.3 Å². The Morgan fingerprint density at radius 2 is 2.11 bits per heavy atom. The van der Waals surface area contributed by atoms with Gasteiger partial charge < -0.3 is 14.8 Å². The third kappa shape index (κ3) is 7.46. The number of hydrogen-bond acceptors (Lipinski definition) is 3. The van der Waals surface area contributed by atoms with Crippen LogP contribution in [0.1, 0.15) is 31.4 Å². The fourth-order valence-corrected chi connectivity index (χ4v) is 1.74. The van der Waals surface area contributed by atoms with E-state index in [0.29, 0.717) is 23.4 Å². The Labute approximate surface area is 119 Å². The predicted octanol–water partition coefficient (Wildman–Crippen LogP) is 2.82. The minimum atomic E-state index is -0.781. The zero-order valence-electron chi connectivity index (χ0n) is 10.4. The Bertz CT molecular complexity index is 453. The molecule has 0 saturated heterocycles. The van der Waals surface area contributed by atoms with E-state index >= 15 is 0 Å². The van der Waals surface area contributed by atoms with Crippen molar-refractivity contribution in [3.63, 3.8) is 0 Å². The number of amides is 1. The van der Waals surface area contributed by atoms with Crippen molar-refractivity contribution in [2.24, 2.45) is 0 Å². The lowest BCUT2D eigenvalue weighted by molar-refractivity contribution is -0.137. The lowest BCUT2D eigenvalue weighted by Crippen LogP contribution is -2.21. The Hall–Kier alpha value is -1.56. The molecule has 2 N–H and O–H groups in total. The molecule has 0 radical (unpaired) electrons. The van der Waals surface area contributed by atoms with Gasteiger partial charge in [0.25, 0.3) is 0 Å². The normalized spacial score (nSPS) is 10.8. The van der Waals surface area contributed by atoms with Gasteiger partial charge in [-0.2, -0.15) is 0 Å². The smallest absolute Gasteiger partial charge is 0.303 e. The van der Waals surface area contributed by atoms with Crippen LogP contribution >= 0.6 is 15.9 Å². The van der Waals surface area contributed by atoms with Crippen molar-refractivity contribution in [3.8, 4) is 0 Å². The van der Waals surface area contributed by atoms with Crippen molar-refractivity contribution in [3.05, 3.63) is 28.6 Å². The Kier molecular flexibility index (Phi) is 6.95. The Balaban J connectivity index is 2.11. The van der Waals surface area contributed by atoms with Gasteiger partial charge in [-0.05, 0) is 47.0 Å². The Morgan fingerprint density at radius 1 is 1.32 bits per heavy atom. The minimum Gasteiger partial charge on any atom is -0.481 e. The molecule has 1 heterocycles. The fourth-order valence-electron chi connectivity index (χ4n) is 1.42. The van der Waals surface area contributed by atoms with Crippen molar-refractivity contribution >= 4 is 33.9 Å². The van der Waals surface area contributed by atoms with E-state index < -0.39 is 5.97 Å². The molecule has 19 heavy (non-hydrogen) atoms. The van der Waals surface area contributed by atoms with Crippen LogP contribution in [0.2, 0.25) is 0 Å². The molecule has 0 aliphatic carbocycles. The van der Waals surface area contributed by atoms with Gasteiger partial charge in [-0.1, -0.05) is 6.42 Å². The lowest BCUT2D eigenvalue weighted by atomic mass is 10.2. The number of carboxylic acids is 1. The number of halogens is 1. The molecule has 0 spiro atoms. The third-order valence-corrected chi connectivity index (χ3v) is 2.79. The second-order valence-electron chi connectivity index (χ2n) is 3.97. The van der Waals surface area contributed by atoms with Crippen LogP contribution in [0.25, 0.3) is 6.08 Å². The maximum atomic E-state index is 11.4. The highest BCUT2D eigenvalue weighted by Gasteiger charge is 1.99. The van der Waals surface area contributed by atoms with Gasteiger partial charge in [0.05, 0.1) is 0 Å².